The molecule has 0 radical (unpaired) electrons. The van der Waals surface area contributed by atoms with Gasteiger partial charge in [-0.05, 0) is 79.0 Å². The number of hydrogen-bond donors (Lipinski definition) is 0. The van der Waals surface area contributed by atoms with E-state index in [-0.39, 0.29) is 0 Å². The van der Waals surface area contributed by atoms with E-state index in [0.717, 1.165) is 61.3 Å². The van der Waals surface area contributed by atoms with Gasteiger partial charge in [-0.2, -0.15) is 0 Å². The SMILES string of the molecule is c1cc(-c2ccc3ccccc3c2)cc(-c2nc(-c3ccc(-c4cncc5ccccc45)cc3)cc(-c3cccc(-c4cccc5ccccc45)c3)n2)c1. The normalized spacial score (nSPS) is 11.3. The summed E-state index contributed by atoms with van der Waals surface area (Å²) in [7, 11) is 0. The lowest BCUT2D eigenvalue weighted by atomic mass is 9.96. The number of aromatic nitrogens is 3. The van der Waals surface area contributed by atoms with Crippen LogP contribution in [0.4, 0.5) is 0 Å². The van der Waals surface area contributed by atoms with Crippen LogP contribution in [0.3, 0.4) is 0 Å². The molecule has 10 aromatic rings. The maximum Gasteiger partial charge on any atom is 0.160 e. The summed E-state index contributed by atoms with van der Waals surface area (Å²) in [6.45, 7) is 0. The summed E-state index contributed by atoms with van der Waals surface area (Å²) in [4.78, 5) is 15.0. The quantitative estimate of drug-likeness (QED) is 0.175. The third-order valence-corrected chi connectivity index (χ3v) is 10.3. The van der Waals surface area contributed by atoms with Gasteiger partial charge < -0.3 is 0 Å². The summed E-state index contributed by atoms with van der Waals surface area (Å²) < 4.78 is 0. The summed E-state index contributed by atoms with van der Waals surface area (Å²) in [5.41, 5.74) is 11.6. The summed E-state index contributed by atoms with van der Waals surface area (Å²) in [5, 5.41) is 7.21. The predicted molar refractivity (Wildman–Crippen MR) is 225 cm³/mol. The number of hydrogen-bond acceptors (Lipinski definition) is 3. The van der Waals surface area contributed by atoms with Gasteiger partial charge in [0.15, 0.2) is 5.82 Å². The van der Waals surface area contributed by atoms with Crippen LogP contribution in [0.1, 0.15) is 0 Å². The van der Waals surface area contributed by atoms with Gasteiger partial charge in [0.05, 0.1) is 11.4 Å². The Labute approximate surface area is 313 Å². The molecule has 0 fully saturated rings. The highest BCUT2D eigenvalue weighted by atomic mass is 14.9. The molecule has 0 amide bonds. The van der Waals surface area contributed by atoms with Gasteiger partial charge in [-0.1, -0.05) is 164 Å². The first-order valence-electron chi connectivity index (χ1n) is 18.2. The monoisotopic (exact) mass is 687 g/mol. The molecule has 10 rings (SSSR count). The van der Waals surface area contributed by atoms with E-state index in [1.807, 2.05) is 12.4 Å². The largest absolute Gasteiger partial charge is 0.263 e. The first kappa shape index (κ1) is 31.5. The zero-order chi connectivity index (χ0) is 35.8. The number of rotatable bonds is 6. The van der Waals surface area contributed by atoms with Gasteiger partial charge in [-0.25, -0.2) is 9.97 Å². The van der Waals surface area contributed by atoms with Crippen LogP contribution in [0.2, 0.25) is 0 Å². The smallest absolute Gasteiger partial charge is 0.160 e. The highest BCUT2D eigenvalue weighted by Crippen LogP contribution is 2.35. The molecule has 0 bridgehead atoms. The molecule has 54 heavy (non-hydrogen) atoms. The van der Waals surface area contributed by atoms with Crippen molar-refractivity contribution in [1.82, 2.24) is 15.0 Å². The van der Waals surface area contributed by atoms with E-state index in [2.05, 4.69) is 193 Å². The van der Waals surface area contributed by atoms with E-state index in [9.17, 15) is 0 Å². The molecule has 0 aliphatic carbocycles. The fraction of sp³-hybridized carbons (Fsp3) is 0. The van der Waals surface area contributed by atoms with Gasteiger partial charge in [0, 0.05) is 40.0 Å². The predicted octanol–water partition coefficient (Wildman–Crippen LogP) is 13.3. The Bertz CT molecular complexity index is 2990. The van der Waals surface area contributed by atoms with E-state index in [4.69, 9.17) is 9.97 Å². The number of nitrogens with zero attached hydrogens (tertiary/aromatic N) is 3. The third-order valence-electron chi connectivity index (χ3n) is 10.3. The van der Waals surface area contributed by atoms with Gasteiger partial charge >= 0.3 is 0 Å². The average molecular weight is 688 g/mol. The van der Waals surface area contributed by atoms with Gasteiger partial charge in [0.1, 0.15) is 0 Å². The van der Waals surface area contributed by atoms with E-state index in [1.165, 1.54) is 32.5 Å². The molecule has 0 atom stereocenters. The van der Waals surface area contributed by atoms with Crippen LogP contribution in [0.15, 0.2) is 200 Å². The second-order valence-electron chi connectivity index (χ2n) is 13.7. The molecular weight excluding hydrogens is 655 g/mol. The van der Waals surface area contributed by atoms with Crippen molar-refractivity contribution in [2.24, 2.45) is 0 Å². The molecule has 0 aliphatic rings. The van der Waals surface area contributed by atoms with Gasteiger partial charge in [-0.15, -0.1) is 0 Å². The van der Waals surface area contributed by atoms with Crippen molar-refractivity contribution in [1.29, 1.82) is 0 Å². The van der Waals surface area contributed by atoms with Crippen molar-refractivity contribution in [2.75, 3.05) is 0 Å². The molecule has 252 valence electrons. The fourth-order valence-electron chi connectivity index (χ4n) is 7.57. The zero-order valence-corrected chi connectivity index (χ0v) is 29.4. The summed E-state index contributed by atoms with van der Waals surface area (Å²) in [6, 6.07) is 66.6. The minimum atomic E-state index is 0.683. The lowest BCUT2D eigenvalue weighted by molar-refractivity contribution is 1.18. The first-order valence-corrected chi connectivity index (χ1v) is 18.2. The van der Waals surface area contributed by atoms with Crippen LogP contribution in [-0.2, 0) is 0 Å². The van der Waals surface area contributed by atoms with Gasteiger partial charge in [0.2, 0.25) is 0 Å². The Hall–Kier alpha value is -7.23. The molecular formula is C51H33N3. The van der Waals surface area contributed by atoms with Crippen LogP contribution in [0.25, 0.3) is 99.6 Å². The summed E-state index contributed by atoms with van der Waals surface area (Å²) in [6.07, 6.45) is 3.87. The molecule has 3 nitrogen and oxygen atoms in total. The Morgan fingerprint density at radius 1 is 0.278 bits per heavy atom. The molecule has 0 aliphatic heterocycles. The summed E-state index contributed by atoms with van der Waals surface area (Å²) >= 11 is 0. The number of pyridine rings is 1. The van der Waals surface area contributed by atoms with Crippen molar-refractivity contribution in [2.45, 2.75) is 0 Å². The molecule has 2 heterocycles. The maximum atomic E-state index is 5.26. The molecule has 2 aromatic heterocycles. The Balaban J connectivity index is 1.10. The van der Waals surface area contributed by atoms with Gasteiger partial charge in [-0.3, -0.25) is 4.98 Å². The molecule has 0 saturated carbocycles. The second-order valence-corrected chi connectivity index (χ2v) is 13.7. The maximum absolute atomic E-state index is 5.26. The van der Waals surface area contributed by atoms with Crippen LogP contribution < -0.4 is 0 Å². The number of benzene rings is 8. The van der Waals surface area contributed by atoms with Crippen molar-refractivity contribution in [3.63, 3.8) is 0 Å². The van der Waals surface area contributed by atoms with Crippen LogP contribution >= 0.6 is 0 Å². The molecule has 3 heteroatoms. The zero-order valence-electron chi connectivity index (χ0n) is 29.4. The third kappa shape index (κ3) is 5.88. The van der Waals surface area contributed by atoms with Crippen LogP contribution in [0, 0.1) is 0 Å². The van der Waals surface area contributed by atoms with E-state index in [1.54, 1.807) is 0 Å². The number of fused-ring (bicyclic) bond motifs is 3. The van der Waals surface area contributed by atoms with E-state index < -0.39 is 0 Å². The molecule has 0 spiro atoms. The highest BCUT2D eigenvalue weighted by molar-refractivity contribution is 5.98. The average Bonchev–Trinajstić information content (AvgIpc) is 3.26. The standard InChI is InChI=1S/C51H33N3/c1-2-12-38-28-40(27-22-34(38)10-1)39-15-7-18-43(29-39)51-53-49(37-25-23-36(24-26-37)48-33-52-32-44-13-4-6-20-47(44)48)31-50(54-51)42-17-8-16-41(30-42)46-21-9-14-35-11-3-5-19-45(35)46/h1-33H. The Morgan fingerprint density at radius 3 is 1.67 bits per heavy atom. The summed E-state index contributed by atoms with van der Waals surface area (Å²) in [5.74, 6) is 0.683. The van der Waals surface area contributed by atoms with Crippen LogP contribution in [0.5, 0.6) is 0 Å². The van der Waals surface area contributed by atoms with Crippen molar-refractivity contribution < 1.29 is 0 Å². The molecule has 0 unspecified atom stereocenters. The molecule has 0 saturated heterocycles. The molecule has 0 N–H and O–H groups in total. The lowest BCUT2D eigenvalue weighted by Crippen LogP contribution is -1.96. The second kappa shape index (κ2) is 13.4. The molecule has 8 aromatic carbocycles. The van der Waals surface area contributed by atoms with Crippen molar-refractivity contribution >= 4 is 32.3 Å². The van der Waals surface area contributed by atoms with E-state index >= 15 is 0 Å². The van der Waals surface area contributed by atoms with Crippen molar-refractivity contribution in [3.8, 4) is 67.3 Å². The minimum Gasteiger partial charge on any atom is -0.263 e. The highest BCUT2D eigenvalue weighted by Gasteiger charge is 2.14. The topological polar surface area (TPSA) is 38.7 Å². The van der Waals surface area contributed by atoms with Gasteiger partial charge in [0.25, 0.3) is 0 Å². The Morgan fingerprint density at radius 2 is 0.833 bits per heavy atom. The Kier molecular flexibility index (Phi) is 7.81. The minimum absolute atomic E-state index is 0.683. The van der Waals surface area contributed by atoms with Crippen molar-refractivity contribution in [3.05, 3.63) is 200 Å². The van der Waals surface area contributed by atoms with E-state index in [0.29, 0.717) is 5.82 Å². The lowest BCUT2D eigenvalue weighted by Gasteiger charge is -2.13. The fourth-order valence-corrected chi connectivity index (χ4v) is 7.57. The first-order chi connectivity index (χ1) is 26.7. The van der Waals surface area contributed by atoms with Crippen LogP contribution in [-0.4, -0.2) is 15.0 Å².